The Morgan fingerprint density at radius 3 is 2.71 bits per heavy atom. The van der Waals surface area contributed by atoms with Gasteiger partial charge in [-0.05, 0) is 24.6 Å². The van der Waals surface area contributed by atoms with E-state index in [0.29, 0.717) is 16.3 Å². The first-order chi connectivity index (χ1) is 6.61. The molecule has 0 saturated heterocycles. The number of halogens is 2. The summed E-state index contributed by atoms with van der Waals surface area (Å²) in [6.45, 7) is 1.81. The molecular weight excluding hydrogens is 267 g/mol. The van der Waals surface area contributed by atoms with Crippen LogP contribution in [0.4, 0.5) is 0 Å². The fraction of sp³-hybridized carbons (Fsp3) is 0.300. The zero-order valence-electron chi connectivity index (χ0n) is 7.93. The van der Waals surface area contributed by atoms with Gasteiger partial charge in [-0.25, -0.2) is 0 Å². The lowest BCUT2D eigenvalue weighted by molar-refractivity contribution is 0.102. The number of methoxy groups -OCH3 is 1. The Balaban J connectivity index is 3.35. The number of hydrogen-bond donors (Lipinski definition) is 0. The molecule has 1 aromatic carbocycles. The SMILES string of the molecule is COc1ccc(Cl)c(C)c1C(=O)CBr. The second kappa shape index (κ2) is 4.80. The van der Waals surface area contributed by atoms with E-state index in [2.05, 4.69) is 15.9 Å². The molecule has 0 unspecified atom stereocenters. The summed E-state index contributed by atoms with van der Waals surface area (Å²) in [4.78, 5) is 11.6. The van der Waals surface area contributed by atoms with Gasteiger partial charge in [0, 0.05) is 5.02 Å². The maximum Gasteiger partial charge on any atom is 0.177 e. The van der Waals surface area contributed by atoms with Crippen molar-refractivity contribution in [1.82, 2.24) is 0 Å². The van der Waals surface area contributed by atoms with Crippen LogP contribution >= 0.6 is 27.5 Å². The molecule has 0 aromatic heterocycles. The van der Waals surface area contributed by atoms with E-state index in [-0.39, 0.29) is 11.1 Å². The number of carbonyl (C=O) groups excluding carboxylic acids is 1. The molecule has 0 bridgehead atoms. The minimum absolute atomic E-state index is 0.0261. The van der Waals surface area contributed by atoms with Crippen LogP contribution in [0.25, 0.3) is 0 Å². The maximum atomic E-state index is 11.6. The van der Waals surface area contributed by atoms with E-state index in [4.69, 9.17) is 16.3 Å². The first-order valence-electron chi connectivity index (χ1n) is 4.04. The van der Waals surface area contributed by atoms with Crippen molar-refractivity contribution in [2.24, 2.45) is 0 Å². The van der Waals surface area contributed by atoms with Gasteiger partial charge in [0.1, 0.15) is 5.75 Å². The van der Waals surface area contributed by atoms with Crippen molar-refractivity contribution in [3.05, 3.63) is 28.3 Å². The maximum absolute atomic E-state index is 11.6. The summed E-state index contributed by atoms with van der Waals surface area (Å²) in [5.74, 6) is 0.540. The topological polar surface area (TPSA) is 26.3 Å². The first-order valence-corrected chi connectivity index (χ1v) is 5.54. The van der Waals surface area contributed by atoms with Gasteiger partial charge in [0.05, 0.1) is 18.0 Å². The lowest BCUT2D eigenvalue weighted by Crippen LogP contribution is -2.06. The second-order valence-electron chi connectivity index (χ2n) is 2.81. The summed E-state index contributed by atoms with van der Waals surface area (Å²) in [6.07, 6.45) is 0. The Morgan fingerprint density at radius 1 is 1.57 bits per heavy atom. The number of ether oxygens (including phenoxy) is 1. The Labute approximate surface area is 96.3 Å². The number of carbonyl (C=O) groups is 1. The predicted molar refractivity (Wildman–Crippen MR) is 60.9 cm³/mol. The zero-order valence-corrected chi connectivity index (χ0v) is 10.3. The summed E-state index contributed by atoms with van der Waals surface area (Å²) in [7, 11) is 1.54. The quantitative estimate of drug-likeness (QED) is 0.626. The minimum Gasteiger partial charge on any atom is -0.496 e. The van der Waals surface area contributed by atoms with Crippen LogP contribution in [0.3, 0.4) is 0 Å². The van der Waals surface area contributed by atoms with E-state index in [0.717, 1.165) is 5.56 Å². The van der Waals surface area contributed by atoms with Gasteiger partial charge in [0.15, 0.2) is 5.78 Å². The van der Waals surface area contributed by atoms with Crippen molar-refractivity contribution >= 4 is 33.3 Å². The Bertz CT molecular complexity index is 363. The summed E-state index contributed by atoms with van der Waals surface area (Å²) >= 11 is 9.05. The molecule has 0 aliphatic carbocycles. The zero-order chi connectivity index (χ0) is 10.7. The average molecular weight is 278 g/mol. The minimum atomic E-state index is -0.0261. The highest BCUT2D eigenvalue weighted by molar-refractivity contribution is 9.09. The largest absolute Gasteiger partial charge is 0.496 e. The molecule has 1 rings (SSSR count). The lowest BCUT2D eigenvalue weighted by atomic mass is 10.0. The predicted octanol–water partition coefficient (Wildman–Crippen LogP) is 3.23. The average Bonchev–Trinajstić information content (AvgIpc) is 2.20. The van der Waals surface area contributed by atoms with Crippen LogP contribution in [0.15, 0.2) is 12.1 Å². The van der Waals surface area contributed by atoms with Crippen LogP contribution in [0.1, 0.15) is 15.9 Å². The molecule has 0 aliphatic heterocycles. The molecule has 0 saturated carbocycles. The molecule has 0 aliphatic rings. The van der Waals surface area contributed by atoms with Crippen LogP contribution in [0.5, 0.6) is 5.75 Å². The summed E-state index contributed by atoms with van der Waals surface area (Å²) in [5.41, 5.74) is 1.31. The van der Waals surface area contributed by atoms with Crippen LogP contribution in [0.2, 0.25) is 5.02 Å². The van der Waals surface area contributed by atoms with E-state index >= 15 is 0 Å². The van der Waals surface area contributed by atoms with Crippen molar-refractivity contribution in [2.75, 3.05) is 12.4 Å². The molecule has 4 heteroatoms. The second-order valence-corrected chi connectivity index (χ2v) is 3.77. The molecule has 0 radical (unpaired) electrons. The van der Waals surface area contributed by atoms with Gasteiger partial charge in [0.25, 0.3) is 0 Å². The Morgan fingerprint density at radius 2 is 2.21 bits per heavy atom. The molecule has 2 nitrogen and oxygen atoms in total. The summed E-state index contributed by atoms with van der Waals surface area (Å²) in [5, 5.41) is 0.847. The van der Waals surface area contributed by atoms with Gasteiger partial charge in [-0.3, -0.25) is 4.79 Å². The van der Waals surface area contributed by atoms with Crippen molar-refractivity contribution < 1.29 is 9.53 Å². The van der Waals surface area contributed by atoms with Crippen LogP contribution in [-0.4, -0.2) is 18.2 Å². The number of ketones is 1. The number of Topliss-reactive ketones (excluding diaryl/α,β-unsaturated/α-hetero) is 1. The van der Waals surface area contributed by atoms with Gasteiger partial charge in [0.2, 0.25) is 0 Å². The highest BCUT2D eigenvalue weighted by Crippen LogP contribution is 2.28. The molecule has 0 amide bonds. The fourth-order valence-electron chi connectivity index (χ4n) is 1.24. The third-order valence-electron chi connectivity index (χ3n) is 1.98. The van der Waals surface area contributed by atoms with E-state index < -0.39 is 0 Å². The molecular formula is C10H10BrClO2. The van der Waals surface area contributed by atoms with Crippen molar-refractivity contribution in [2.45, 2.75) is 6.92 Å². The molecule has 14 heavy (non-hydrogen) atoms. The molecule has 0 atom stereocenters. The molecule has 0 heterocycles. The van der Waals surface area contributed by atoms with Gasteiger partial charge in [-0.15, -0.1) is 0 Å². The first kappa shape index (κ1) is 11.5. The smallest absolute Gasteiger partial charge is 0.177 e. The molecule has 76 valence electrons. The van der Waals surface area contributed by atoms with Crippen molar-refractivity contribution in [3.8, 4) is 5.75 Å². The Kier molecular flexibility index (Phi) is 3.96. The number of benzene rings is 1. The highest BCUT2D eigenvalue weighted by atomic mass is 79.9. The van der Waals surface area contributed by atoms with E-state index in [1.165, 1.54) is 7.11 Å². The number of alkyl halides is 1. The van der Waals surface area contributed by atoms with E-state index in [9.17, 15) is 4.79 Å². The lowest BCUT2D eigenvalue weighted by Gasteiger charge is -2.10. The molecule has 0 fully saturated rings. The van der Waals surface area contributed by atoms with Gasteiger partial charge in [-0.2, -0.15) is 0 Å². The summed E-state index contributed by atoms with van der Waals surface area (Å²) < 4.78 is 5.10. The molecule has 0 N–H and O–H groups in total. The number of hydrogen-bond acceptors (Lipinski definition) is 2. The molecule has 0 spiro atoms. The summed E-state index contributed by atoms with van der Waals surface area (Å²) in [6, 6.07) is 3.42. The Hall–Kier alpha value is -0.540. The monoisotopic (exact) mass is 276 g/mol. The van der Waals surface area contributed by atoms with Crippen LogP contribution in [0, 0.1) is 6.92 Å². The third kappa shape index (κ3) is 2.10. The van der Waals surface area contributed by atoms with Gasteiger partial charge in [-0.1, -0.05) is 27.5 Å². The standard InChI is InChI=1S/C10H10BrClO2/c1-6-7(12)3-4-9(14-2)10(6)8(13)5-11/h3-4H,5H2,1-2H3. The van der Waals surface area contributed by atoms with Crippen molar-refractivity contribution in [3.63, 3.8) is 0 Å². The van der Waals surface area contributed by atoms with E-state index in [1.807, 2.05) is 0 Å². The third-order valence-corrected chi connectivity index (χ3v) is 2.90. The van der Waals surface area contributed by atoms with E-state index in [1.54, 1.807) is 19.1 Å². The van der Waals surface area contributed by atoms with Crippen LogP contribution < -0.4 is 4.74 Å². The van der Waals surface area contributed by atoms with Crippen LogP contribution in [-0.2, 0) is 0 Å². The normalized spacial score (nSPS) is 10.0. The fourth-order valence-corrected chi connectivity index (χ4v) is 1.68. The molecule has 1 aromatic rings. The van der Waals surface area contributed by atoms with Gasteiger partial charge >= 0.3 is 0 Å². The van der Waals surface area contributed by atoms with Gasteiger partial charge < -0.3 is 4.74 Å². The number of rotatable bonds is 3. The van der Waals surface area contributed by atoms with Crippen molar-refractivity contribution in [1.29, 1.82) is 0 Å². The highest BCUT2D eigenvalue weighted by Gasteiger charge is 2.15.